The summed E-state index contributed by atoms with van der Waals surface area (Å²) in [5.74, 6) is 0. The second-order valence-corrected chi connectivity index (χ2v) is 9.37. The number of fused-ring (bicyclic) bond motifs is 5. The molecule has 120 valence electrons. The van der Waals surface area contributed by atoms with Gasteiger partial charge in [0.05, 0.1) is 11.0 Å². The highest BCUT2D eigenvalue weighted by Gasteiger charge is 2.15. The number of nitrogens with zero attached hydrogens (tertiary/aromatic N) is 1. The van der Waals surface area contributed by atoms with Crippen LogP contribution in [0.1, 0.15) is 20.9 Å². The summed E-state index contributed by atoms with van der Waals surface area (Å²) in [6.45, 7) is 8.94. The fourth-order valence-electron chi connectivity index (χ4n) is 3.87. The van der Waals surface area contributed by atoms with Crippen LogP contribution in [0.5, 0.6) is 0 Å². The van der Waals surface area contributed by atoms with Crippen LogP contribution < -0.4 is 0 Å². The molecule has 24 heavy (non-hydrogen) atoms. The van der Waals surface area contributed by atoms with Gasteiger partial charge in [0.1, 0.15) is 0 Å². The van der Waals surface area contributed by atoms with Crippen molar-refractivity contribution in [1.82, 2.24) is 4.57 Å². The van der Waals surface area contributed by atoms with Crippen molar-refractivity contribution >= 4 is 64.7 Å². The van der Waals surface area contributed by atoms with Gasteiger partial charge < -0.3 is 4.57 Å². The molecule has 5 aromatic rings. The zero-order valence-electron chi connectivity index (χ0n) is 14.6. The minimum absolute atomic E-state index is 1.34. The minimum Gasteiger partial charge on any atom is -0.344 e. The van der Waals surface area contributed by atoms with Crippen LogP contribution >= 0.6 is 22.7 Å². The van der Waals surface area contributed by atoms with E-state index in [2.05, 4.69) is 63.6 Å². The molecule has 0 aliphatic rings. The Balaban J connectivity index is 2.02. The van der Waals surface area contributed by atoms with Crippen LogP contribution in [0.3, 0.4) is 0 Å². The summed E-state index contributed by atoms with van der Waals surface area (Å²) in [4.78, 5) is 2.85. The third kappa shape index (κ3) is 1.69. The maximum Gasteiger partial charge on any atom is 0.0503 e. The van der Waals surface area contributed by atoms with Crippen molar-refractivity contribution in [2.75, 3.05) is 0 Å². The first kappa shape index (κ1) is 14.5. The van der Waals surface area contributed by atoms with Crippen molar-refractivity contribution < 1.29 is 0 Å². The normalized spacial score (nSPS) is 12.4. The Kier molecular flexibility index (Phi) is 2.79. The highest BCUT2D eigenvalue weighted by Crippen LogP contribution is 2.40. The number of benzene rings is 2. The Labute approximate surface area is 149 Å². The predicted molar refractivity (Wildman–Crippen MR) is 110 cm³/mol. The Morgan fingerprint density at radius 1 is 0.625 bits per heavy atom. The van der Waals surface area contributed by atoms with E-state index in [0.29, 0.717) is 0 Å². The zero-order valence-corrected chi connectivity index (χ0v) is 16.2. The molecule has 3 aromatic heterocycles. The molecule has 0 saturated heterocycles. The van der Waals surface area contributed by atoms with Crippen LogP contribution in [0.15, 0.2) is 24.3 Å². The number of hydrogen-bond acceptors (Lipinski definition) is 2. The van der Waals surface area contributed by atoms with Gasteiger partial charge in [-0.3, -0.25) is 0 Å². The molecular formula is C21H19NS2. The maximum absolute atomic E-state index is 2.41. The largest absolute Gasteiger partial charge is 0.344 e. The molecule has 0 bridgehead atoms. The molecule has 0 aliphatic heterocycles. The van der Waals surface area contributed by atoms with Crippen LogP contribution in [0.4, 0.5) is 0 Å². The van der Waals surface area contributed by atoms with E-state index in [-0.39, 0.29) is 0 Å². The molecule has 0 radical (unpaired) electrons. The minimum atomic E-state index is 1.34. The lowest BCUT2D eigenvalue weighted by Crippen LogP contribution is -1.85. The lowest BCUT2D eigenvalue weighted by Gasteiger charge is -1.98. The monoisotopic (exact) mass is 349 g/mol. The molecule has 3 heteroatoms. The Morgan fingerprint density at radius 2 is 1.04 bits per heavy atom. The van der Waals surface area contributed by atoms with E-state index in [4.69, 9.17) is 0 Å². The van der Waals surface area contributed by atoms with Crippen molar-refractivity contribution in [2.45, 2.75) is 27.7 Å². The Bertz CT molecular complexity index is 1190. The zero-order chi connectivity index (χ0) is 16.7. The number of rotatable bonds is 0. The molecule has 0 atom stereocenters. The Morgan fingerprint density at radius 3 is 1.46 bits per heavy atom. The number of aryl methyl sites for hydroxylation is 5. The fraction of sp³-hybridized carbons (Fsp3) is 0.238. The van der Waals surface area contributed by atoms with Crippen molar-refractivity contribution in [3.8, 4) is 0 Å². The van der Waals surface area contributed by atoms with E-state index in [1.165, 1.54) is 62.9 Å². The van der Waals surface area contributed by atoms with Gasteiger partial charge in [0.15, 0.2) is 0 Å². The molecule has 0 saturated carbocycles. The van der Waals surface area contributed by atoms with Crippen molar-refractivity contribution in [3.63, 3.8) is 0 Å². The lowest BCUT2D eigenvalue weighted by molar-refractivity contribution is 1.02. The Hall–Kier alpha value is -1.84. The number of aromatic nitrogens is 1. The van der Waals surface area contributed by atoms with Crippen LogP contribution in [0.2, 0.25) is 0 Å². The summed E-state index contributed by atoms with van der Waals surface area (Å²) in [7, 11) is 2.20. The predicted octanol–water partition coefficient (Wildman–Crippen LogP) is 6.99. The first-order chi connectivity index (χ1) is 11.5. The summed E-state index contributed by atoms with van der Waals surface area (Å²) in [5, 5.41) is 5.59. The van der Waals surface area contributed by atoms with Crippen LogP contribution in [0, 0.1) is 27.7 Å². The second kappa shape index (κ2) is 4.62. The molecule has 0 spiro atoms. The van der Waals surface area contributed by atoms with Crippen LogP contribution in [0.25, 0.3) is 42.0 Å². The lowest BCUT2D eigenvalue weighted by atomic mass is 10.1. The van der Waals surface area contributed by atoms with Gasteiger partial charge in [-0.05, 0) is 73.9 Å². The van der Waals surface area contributed by atoms with Gasteiger partial charge in [-0.15, -0.1) is 22.7 Å². The molecule has 2 aromatic carbocycles. The standard InChI is InChI=1S/C21H19NS2/c1-10-12(3)23-20-8-18-16(6-14(10)20)17-7-15-11(2)13(4)24-21(15)9-19(17)22(18)5/h6-9H,1-5H3. The van der Waals surface area contributed by atoms with E-state index in [1.807, 2.05) is 22.7 Å². The van der Waals surface area contributed by atoms with E-state index < -0.39 is 0 Å². The summed E-state index contributed by atoms with van der Waals surface area (Å²) in [6, 6.07) is 9.57. The van der Waals surface area contributed by atoms with Gasteiger partial charge >= 0.3 is 0 Å². The molecule has 0 fully saturated rings. The molecular weight excluding hydrogens is 330 g/mol. The van der Waals surface area contributed by atoms with Crippen molar-refractivity contribution in [3.05, 3.63) is 45.1 Å². The van der Waals surface area contributed by atoms with Crippen molar-refractivity contribution in [2.24, 2.45) is 7.05 Å². The summed E-state index contributed by atoms with van der Waals surface area (Å²) >= 11 is 3.82. The topological polar surface area (TPSA) is 4.93 Å². The first-order valence-electron chi connectivity index (χ1n) is 8.27. The van der Waals surface area contributed by atoms with Gasteiger partial charge in [-0.25, -0.2) is 0 Å². The number of thiophene rings is 2. The molecule has 0 unspecified atom stereocenters. The van der Waals surface area contributed by atoms with Gasteiger partial charge in [-0.1, -0.05) is 0 Å². The average molecular weight is 350 g/mol. The van der Waals surface area contributed by atoms with Crippen molar-refractivity contribution in [1.29, 1.82) is 0 Å². The molecule has 3 heterocycles. The molecule has 1 nitrogen and oxygen atoms in total. The average Bonchev–Trinajstić information content (AvgIpc) is 3.10. The van der Waals surface area contributed by atoms with E-state index in [0.717, 1.165) is 0 Å². The van der Waals surface area contributed by atoms with Crippen LogP contribution in [-0.2, 0) is 7.05 Å². The molecule has 0 N–H and O–H groups in total. The van der Waals surface area contributed by atoms with Crippen LogP contribution in [-0.4, -0.2) is 4.57 Å². The summed E-state index contributed by atoms with van der Waals surface area (Å²) < 4.78 is 5.16. The molecule has 0 aliphatic carbocycles. The second-order valence-electron chi connectivity index (χ2n) is 6.86. The molecule has 0 amide bonds. The van der Waals surface area contributed by atoms with Gasteiger partial charge in [0.2, 0.25) is 0 Å². The van der Waals surface area contributed by atoms with Gasteiger partial charge in [0.25, 0.3) is 0 Å². The molecule has 5 rings (SSSR count). The summed E-state index contributed by atoms with van der Waals surface area (Å²) in [5.41, 5.74) is 5.53. The first-order valence-corrected chi connectivity index (χ1v) is 9.90. The fourth-order valence-corrected chi connectivity index (χ4v) is 6.04. The highest BCUT2D eigenvalue weighted by molar-refractivity contribution is 7.19. The van der Waals surface area contributed by atoms with Gasteiger partial charge in [0, 0.05) is 37.0 Å². The quantitative estimate of drug-likeness (QED) is 0.284. The van der Waals surface area contributed by atoms with E-state index >= 15 is 0 Å². The van der Waals surface area contributed by atoms with E-state index in [9.17, 15) is 0 Å². The third-order valence-corrected chi connectivity index (χ3v) is 7.94. The maximum atomic E-state index is 2.41. The highest BCUT2D eigenvalue weighted by atomic mass is 32.1. The summed E-state index contributed by atoms with van der Waals surface area (Å²) in [6.07, 6.45) is 0. The number of hydrogen-bond donors (Lipinski definition) is 0. The SMILES string of the molecule is Cc1sc2cc3c(cc2c1C)c1cc2c(C)c(C)sc2cc1n3C. The van der Waals surface area contributed by atoms with Gasteiger partial charge in [-0.2, -0.15) is 0 Å². The smallest absolute Gasteiger partial charge is 0.0503 e. The third-order valence-electron chi connectivity index (χ3n) is 5.60. The van der Waals surface area contributed by atoms with E-state index in [1.54, 1.807) is 0 Å².